The Labute approximate surface area is 180 Å². The highest BCUT2D eigenvalue weighted by molar-refractivity contribution is 6.42. The minimum absolute atomic E-state index is 0.0117. The van der Waals surface area contributed by atoms with Crippen molar-refractivity contribution >= 4 is 35.0 Å². The van der Waals surface area contributed by atoms with Crippen molar-refractivity contribution in [1.82, 2.24) is 10.2 Å². The molecule has 2 aromatic carbocycles. The Balaban J connectivity index is 1.47. The van der Waals surface area contributed by atoms with Crippen LogP contribution in [-0.2, 0) is 11.2 Å². The van der Waals surface area contributed by atoms with Crippen molar-refractivity contribution in [2.24, 2.45) is 5.92 Å². The van der Waals surface area contributed by atoms with Gasteiger partial charge in [-0.15, -0.1) is 0 Å². The number of carbonyl (C=O) groups is 2. The van der Waals surface area contributed by atoms with Crippen molar-refractivity contribution in [2.45, 2.75) is 25.7 Å². The topological polar surface area (TPSA) is 69.6 Å². The molecule has 1 heterocycles. The number of hydrogen-bond donors (Lipinski definition) is 2. The Morgan fingerprint density at radius 1 is 1.10 bits per heavy atom. The predicted molar refractivity (Wildman–Crippen MR) is 115 cm³/mol. The summed E-state index contributed by atoms with van der Waals surface area (Å²) in [5.74, 6) is -0.0980. The van der Waals surface area contributed by atoms with Crippen molar-refractivity contribution < 1.29 is 14.7 Å². The first-order valence-corrected chi connectivity index (χ1v) is 10.5. The Bertz CT molecular complexity index is 871. The number of carbonyl (C=O) groups excluding carboxylic acids is 2. The minimum atomic E-state index is -0.204. The quantitative estimate of drug-likeness (QED) is 0.665. The second-order valence-corrected chi connectivity index (χ2v) is 8.09. The molecule has 3 rings (SSSR count). The van der Waals surface area contributed by atoms with Gasteiger partial charge in [0.05, 0.1) is 16.0 Å². The first-order valence-electron chi connectivity index (χ1n) is 9.74. The normalized spacial score (nSPS) is 16.5. The largest absolute Gasteiger partial charge is 0.508 e. The molecule has 0 spiro atoms. The van der Waals surface area contributed by atoms with E-state index in [2.05, 4.69) is 5.32 Å². The molecule has 2 amide bonds. The number of phenolic OH excluding ortho intramolecular Hbond substituents is 1. The summed E-state index contributed by atoms with van der Waals surface area (Å²) < 4.78 is 0. The number of piperidine rings is 1. The number of benzene rings is 2. The summed E-state index contributed by atoms with van der Waals surface area (Å²) in [5.41, 5.74) is 1.60. The predicted octanol–water partition coefficient (Wildman–Crippen LogP) is 4.30. The van der Waals surface area contributed by atoms with Crippen LogP contribution in [0.2, 0.25) is 10.0 Å². The standard InChI is InChI=1S/C22H24Cl2N2O3/c23-19-10-7-16(13-20(19)24)22(29)26-12-2-4-17(14-26)21(28)25-11-1-3-15-5-8-18(27)9-6-15/h5-10,13,17,27H,1-4,11-12,14H2,(H,25,28). The molecule has 5 nitrogen and oxygen atoms in total. The molecule has 0 aliphatic carbocycles. The van der Waals surface area contributed by atoms with Gasteiger partial charge in [0.2, 0.25) is 5.91 Å². The van der Waals surface area contributed by atoms with E-state index in [-0.39, 0.29) is 23.5 Å². The molecule has 1 aliphatic heterocycles. The fourth-order valence-corrected chi connectivity index (χ4v) is 3.80. The SMILES string of the molecule is O=C(NCCCc1ccc(O)cc1)C1CCCN(C(=O)c2ccc(Cl)c(Cl)c2)C1. The number of amides is 2. The van der Waals surface area contributed by atoms with E-state index < -0.39 is 0 Å². The van der Waals surface area contributed by atoms with Gasteiger partial charge in [0.15, 0.2) is 0 Å². The zero-order chi connectivity index (χ0) is 20.8. The van der Waals surface area contributed by atoms with E-state index in [4.69, 9.17) is 23.2 Å². The molecule has 0 bridgehead atoms. The number of nitrogens with zero attached hydrogens (tertiary/aromatic N) is 1. The van der Waals surface area contributed by atoms with Crippen LogP contribution in [0.4, 0.5) is 0 Å². The van der Waals surface area contributed by atoms with Crippen molar-refractivity contribution in [1.29, 1.82) is 0 Å². The lowest BCUT2D eigenvalue weighted by atomic mass is 9.96. The average Bonchev–Trinajstić information content (AvgIpc) is 2.74. The molecule has 1 atom stereocenters. The Morgan fingerprint density at radius 3 is 2.59 bits per heavy atom. The van der Waals surface area contributed by atoms with Gasteiger partial charge in [0, 0.05) is 25.2 Å². The molecule has 1 fully saturated rings. The summed E-state index contributed by atoms with van der Waals surface area (Å²) in [7, 11) is 0. The molecule has 0 radical (unpaired) electrons. The van der Waals surface area contributed by atoms with Crippen LogP contribution in [0.3, 0.4) is 0 Å². The summed E-state index contributed by atoms with van der Waals surface area (Å²) in [4.78, 5) is 27.0. The number of aromatic hydroxyl groups is 1. The van der Waals surface area contributed by atoms with Crippen molar-refractivity contribution in [3.8, 4) is 5.75 Å². The third-order valence-electron chi connectivity index (χ3n) is 5.12. The fourth-order valence-electron chi connectivity index (χ4n) is 3.50. The van der Waals surface area contributed by atoms with E-state index in [0.717, 1.165) is 31.2 Å². The molecule has 2 aromatic rings. The highest BCUT2D eigenvalue weighted by Gasteiger charge is 2.28. The van der Waals surface area contributed by atoms with Gasteiger partial charge in [0.1, 0.15) is 5.75 Å². The molecule has 1 unspecified atom stereocenters. The van der Waals surface area contributed by atoms with E-state index in [1.165, 1.54) is 0 Å². The molecular weight excluding hydrogens is 411 g/mol. The summed E-state index contributed by atoms with van der Waals surface area (Å²) in [6, 6.07) is 11.9. The summed E-state index contributed by atoms with van der Waals surface area (Å²) in [6.07, 6.45) is 3.20. The highest BCUT2D eigenvalue weighted by Crippen LogP contribution is 2.25. The van der Waals surface area contributed by atoms with E-state index in [0.29, 0.717) is 35.2 Å². The van der Waals surface area contributed by atoms with Gasteiger partial charge in [-0.05, 0) is 61.6 Å². The molecule has 0 saturated carbocycles. The van der Waals surface area contributed by atoms with Gasteiger partial charge < -0.3 is 15.3 Å². The van der Waals surface area contributed by atoms with Crippen LogP contribution >= 0.6 is 23.2 Å². The third kappa shape index (κ3) is 5.87. The van der Waals surface area contributed by atoms with Crippen molar-refractivity contribution in [3.05, 3.63) is 63.6 Å². The van der Waals surface area contributed by atoms with Gasteiger partial charge in [-0.25, -0.2) is 0 Å². The van der Waals surface area contributed by atoms with E-state index in [1.807, 2.05) is 12.1 Å². The van der Waals surface area contributed by atoms with Gasteiger partial charge in [-0.1, -0.05) is 35.3 Å². The van der Waals surface area contributed by atoms with Crippen LogP contribution in [0.1, 0.15) is 35.2 Å². The van der Waals surface area contributed by atoms with E-state index in [1.54, 1.807) is 35.2 Å². The van der Waals surface area contributed by atoms with Gasteiger partial charge in [-0.2, -0.15) is 0 Å². The number of phenols is 1. The van der Waals surface area contributed by atoms with Gasteiger partial charge in [0.25, 0.3) is 5.91 Å². The lowest BCUT2D eigenvalue weighted by Crippen LogP contribution is -2.45. The fraction of sp³-hybridized carbons (Fsp3) is 0.364. The smallest absolute Gasteiger partial charge is 0.253 e. The molecule has 2 N–H and O–H groups in total. The zero-order valence-electron chi connectivity index (χ0n) is 16.0. The van der Waals surface area contributed by atoms with Crippen LogP contribution in [0.25, 0.3) is 0 Å². The molecular formula is C22H24Cl2N2O3. The van der Waals surface area contributed by atoms with E-state index in [9.17, 15) is 14.7 Å². The van der Waals surface area contributed by atoms with Crippen molar-refractivity contribution in [2.75, 3.05) is 19.6 Å². The second kappa shape index (κ2) is 9.99. The van der Waals surface area contributed by atoms with Crippen molar-refractivity contribution in [3.63, 3.8) is 0 Å². The highest BCUT2D eigenvalue weighted by atomic mass is 35.5. The number of likely N-dealkylation sites (tertiary alicyclic amines) is 1. The molecule has 7 heteroatoms. The first-order chi connectivity index (χ1) is 13.9. The van der Waals surface area contributed by atoms with Gasteiger partial charge >= 0.3 is 0 Å². The number of hydrogen-bond acceptors (Lipinski definition) is 3. The third-order valence-corrected chi connectivity index (χ3v) is 5.86. The number of nitrogens with one attached hydrogen (secondary N) is 1. The van der Waals surface area contributed by atoms with Crippen LogP contribution < -0.4 is 5.32 Å². The first kappa shape index (κ1) is 21.5. The van der Waals surface area contributed by atoms with Crippen LogP contribution in [0.15, 0.2) is 42.5 Å². The monoisotopic (exact) mass is 434 g/mol. The maximum absolute atomic E-state index is 12.7. The van der Waals surface area contributed by atoms with Crippen LogP contribution in [0.5, 0.6) is 5.75 Å². The summed E-state index contributed by atoms with van der Waals surface area (Å²) in [5, 5.41) is 13.0. The maximum atomic E-state index is 12.7. The number of halogens is 2. The number of aryl methyl sites for hydroxylation is 1. The lowest BCUT2D eigenvalue weighted by molar-refractivity contribution is -0.126. The molecule has 1 aliphatic rings. The Morgan fingerprint density at radius 2 is 1.86 bits per heavy atom. The van der Waals surface area contributed by atoms with Gasteiger partial charge in [-0.3, -0.25) is 9.59 Å². The minimum Gasteiger partial charge on any atom is -0.508 e. The maximum Gasteiger partial charge on any atom is 0.253 e. The summed E-state index contributed by atoms with van der Waals surface area (Å²) >= 11 is 11.9. The lowest BCUT2D eigenvalue weighted by Gasteiger charge is -2.32. The van der Waals surface area contributed by atoms with Crippen LogP contribution in [-0.4, -0.2) is 41.5 Å². The molecule has 1 saturated heterocycles. The second-order valence-electron chi connectivity index (χ2n) is 7.28. The zero-order valence-corrected chi connectivity index (χ0v) is 17.5. The molecule has 154 valence electrons. The summed E-state index contributed by atoms with van der Waals surface area (Å²) in [6.45, 7) is 1.61. The Kier molecular flexibility index (Phi) is 7.40. The average molecular weight is 435 g/mol. The molecule has 0 aromatic heterocycles. The Hall–Kier alpha value is -2.24. The van der Waals surface area contributed by atoms with E-state index >= 15 is 0 Å². The molecule has 29 heavy (non-hydrogen) atoms. The number of rotatable bonds is 6. The van der Waals surface area contributed by atoms with Crippen LogP contribution in [0, 0.1) is 5.92 Å².